The molecule has 0 aliphatic carbocycles. The minimum atomic E-state index is -2.58. The first kappa shape index (κ1) is 20.8. The van der Waals surface area contributed by atoms with Crippen molar-refractivity contribution >= 4 is 5.96 Å². The highest BCUT2D eigenvalue weighted by Gasteiger charge is 2.36. The van der Waals surface area contributed by atoms with Crippen molar-refractivity contribution in [3.05, 3.63) is 54.1 Å². The number of hydrogen-bond acceptors (Lipinski definition) is 3. The van der Waals surface area contributed by atoms with Crippen LogP contribution in [0.5, 0.6) is 0 Å². The second-order valence-electron chi connectivity index (χ2n) is 8.09. The van der Waals surface area contributed by atoms with Crippen molar-refractivity contribution in [3.8, 4) is 0 Å². The molecule has 1 N–H and O–H groups in total. The summed E-state index contributed by atoms with van der Waals surface area (Å²) in [6.07, 6.45) is 6.23. The molecule has 2 aromatic rings. The molecular formula is C22H30F2N6. The molecular weight excluding hydrogens is 386 g/mol. The molecule has 1 aromatic carbocycles. The number of imidazole rings is 1. The lowest BCUT2D eigenvalue weighted by molar-refractivity contribution is 0.0371. The average molecular weight is 417 g/mol. The van der Waals surface area contributed by atoms with Gasteiger partial charge >= 0.3 is 6.55 Å². The SMILES string of the molecule is CN=C(NCc1nccn1C(F)F)N1CCC2C(CCCN2Cc2ccccc2)C1. The van der Waals surface area contributed by atoms with Gasteiger partial charge in [0.25, 0.3) is 0 Å². The number of guanidine groups is 1. The number of nitrogens with zero attached hydrogens (tertiary/aromatic N) is 5. The Morgan fingerprint density at radius 3 is 2.83 bits per heavy atom. The quantitative estimate of drug-likeness (QED) is 0.600. The molecule has 8 heteroatoms. The number of benzene rings is 1. The fourth-order valence-electron chi connectivity index (χ4n) is 4.86. The molecule has 2 aliphatic rings. The van der Waals surface area contributed by atoms with Crippen molar-refractivity contribution in [1.82, 2.24) is 24.7 Å². The Morgan fingerprint density at radius 2 is 2.07 bits per heavy atom. The predicted octanol–water partition coefficient (Wildman–Crippen LogP) is 3.34. The lowest BCUT2D eigenvalue weighted by Gasteiger charge is -2.48. The van der Waals surface area contributed by atoms with Crippen molar-refractivity contribution in [3.63, 3.8) is 0 Å². The maximum Gasteiger partial charge on any atom is 0.319 e. The van der Waals surface area contributed by atoms with Crippen LogP contribution in [0.3, 0.4) is 0 Å². The Bertz CT molecular complexity index is 837. The number of aromatic nitrogens is 2. The number of nitrogens with one attached hydrogen (secondary N) is 1. The van der Waals surface area contributed by atoms with Gasteiger partial charge in [-0.25, -0.2) is 4.98 Å². The van der Waals surface area contributed by atoms with Crippen LogP contribution in [0.25, 0.3) is 0 Å². The fourth-order valence-corrected chi connectivity index (χ4v) is 4.86. The normalized spacial score (nSPS) is 22.9. The molecule has 2 unspecified atom stereocenters. The zero-order chi connectivity index (χ0) is 20.9. The van der Waals surface area contributed by atoms with E-state index in [2.05, 4.69) is 55.4 Å². The lowest BCUT2D eigenvalue weighted by Crippen LogP contribution is -2.56. The van der Waals surface area contributed by atoms with E-state index in [1.165, 1.54) is 30.8 Å². The minimum absolute atomic E-state index is 0.231. The van der Waals surface area contributed by atoms with E-state index in [1.807, 2.05) is 0 Å². The van der Waals surface area contributed by atoms with Gasteiger partial charge in [-0.2, -0.15) is 8.78 Å². The summed E-state index contributed by atoms with van der Waals surface area (Å²) in [5.41, 5.74) is 1.37. The molecule has 0 bridgehead atoms. The van der Waals surface area contributed by atoms with Crippen LogP contribution in [0, 0.1) is 5.92 Å². The summed E-state index contributed by atoms with van der Waals surface area (Å²) >= 11 is 0. The Balaban J connectivity index is 1.36. The highest BCUT2D eigenvalue weighted by molar-refractivity contribution is 5.79. The van der Waals surface area contributed by atoms with Crippen LogP contribution < -0.4 is 5.32 Å². The molecule has 30 heavy (non-hydrogen) atoms. The van der Waals surface area contributed by atoms with Crippen LogP contribution in [0.4, 0.5) is 8.78 Å². The summed E-state index contributed by atoms with van der Waals surface area (Å²) in [4.78, 5) is 13.3. The summed E-state index contributed by atoms with van der Waals surface area (Å²) in [7, 11) is 1.75. The number of halogens is 2. The Morgan fingerprint density at radius 1 is 1.23 bits per heavy atom. The third kappa shape index (κ3) is 4.64. The molecule has 2 aliphatic heterocycles. The monoisotopic (exact) mass is 416 g/mol. The summed E-state index contributed by atoms with van der Waals surface area (Å²) in [5.74, 6) is 1.67. The highest BCUT2D eigenvalue weighted by atomic mass is 19.3. The molecule has 3 heterocycles. The van der Waals surface area contributed by atoms with Crippen molar-refractivity contribution in [2.75, 3.05) is 26.7 Å². The molecule has 6 nitrogen and oxygen atoms in total. The van der Waals surface area contributed by atoms with E-state index < -0.39 is 6.55 Å². The van der Waals surface area contributed by atoms with Gasteiger partial charge in [0, 0.05) is 45.1 Å². The minimum Gasteiger partial charge on any atom is -0.349 e. The lowest BCUT2D eigenvalue weighted by atomic mass is 9.83. The molecule has 1 aromatic heterocycles. The molecule has 162 valence electrons. The number of rotatable bonds is 5. The van der Waals surface area contributed by atoms with Gasteiger partial charge in [-0.3, -0.25) is 14.5 Å². The van der Waals surface area contributed by atoms with Crippen LogP contribution in [0.2, 0.25) is 0 Å². The zero-order valence-corrected chi connectivity index (χ0v) is 17.4. The van der Waals surface area contributed by atoms with Crippen molar-refractivity contribution < 1.29 is 8.78 Å². The first-order valence-corrected chi connectivity index (χ1v) is 10.7. The molecule has 2 saturated heterocycles. The summed E-state index contributed by atoms with van der Waals surface area (Å²) < 4.78 is 27.0. The van der Waals surface area contributed by atoms with E-state index in [9.17, 15) is 8.78 Å². The van der Waals surface area contributed by atoms with Crippen molar-refractivity contribution in [2.24, 2.45) is 10.9 Å². The molecule has 4 rings (SSSR count). The molecule has 0 saturated carbocycles. The number of fused-ring (bicyclic) bond motifs is 1. The first-order chi connectivity index (χ1) is 14.7. The van der Waals surface area contributed by atoms with Gasteiger partial charge in [-0.15, -0.1) is 0 Å². The Kier molecular flexibility index (Phi) is 6.62. The maximum atomic E-state index is 13.1. The van der Waals surface area contributed by atoms with Gasteiger partial charge in [0.05, 0.1) is 6.54 Å². The number of likely N-dealkylation sites (tertiary alicyclic amines) is 2. The van der Waals surface area contributed by atoms with Gasteiger partial charge in [0.2, 0.25) is 0 Å². The molecule has 0 amide bonds. The van der Waals surface area contributed by atoms with Gasteiger partial charge in [0.15, 0.2) is 5.96 Å². The van der Waals surface area contributed by atoms with Crippen LogP contribution in [-0.4, -0.2) is 58.0 Å². The largest absolute Gasteiger partial charge is 0.349 e. The van der Waals surface area contributed by atoms with Crippen molar-refractivity contribution in [2.45, 2.75) is 44.9 Å². The van der Waals surface area contributed by atoms with E-state index >= 15 is 0 Å². The van der Waals surface area contributed by atoms with Crippen LogP contribution >= 0.6 is 0 Å². The van der Waals surface area contributed by atoms with E-state index in [4.69, 9.17) is 0 Å². The van der Waals surface area contributed by atoms with E-state index in [1.54, 1.807) is 7.05 Å². The summed E-state index contributed by atoms with van der Waals surface area (Å²) in [6.45, 7) is 1.66. The molecule has 2 atom stereocenters. The third-order valence-corrected chi connectivity index (χ3v) is 6.29. The van der Waals surface area contributed by atoms with Crippen LogP contribution in [0.15, 0.2) is 47.7 Å². The van der Waals surface area contributed by atoms with Gasteiger partial charge < -0.3 is 10.2 Å². The smallest absolute Gasteiger partial charge is 0.319 e. The molecule has 0 radical (unpaired) electrons. The molecule has 0 spiro atoms. The first-order valence-electron chi connectivity index (χ1n) is 10.7. The Hall–Kier alpha value is -2.48. The van der Waals surface area contributed by atoms with Crippen LogP contribution in [0.1, 0.15) is 37.2 Å². The van der Waals surface area contributed by atoms with Crippen molar-refractivity contribution in [1.29, 1.82) is 0 Å². The van der Waals surface area contributed by atoms with Gasteiger partial charge in [0.1, 0.15) is 5.82 Å². The number of piperidine rings is 2. The topological polar surface area (TPSA) is 48.7 Å². The number of alkyl halides is 2. The average Bonchev–Trinajstić information content (AvgIpc) is 3.24. The Labute approximate surface area is 176 Å². The van der Waals surface area contributed by atoms with Gasteiger partial charge in [-0.1, -0.05) is 30.3 Å². The maximum absolute atomic E-state index is 13.1. The molecule has 2 fully saturated rings. The van der Waals surface area contributed by atoms with Gasteiger partial charge in [-0.05, 0) is 37.3 Å². The van der Waals surface area contributed by atoms with E-state index in [-0.39, 0.29) is 6.54 Å². The second kappa shape index (κ2) is 9.55. The fraction of sp³-hybridized carbons (Fsp3) is 0.545. The number of hydrogen-bond donors (Lipinski definition) is 1. The highest BCUT2D eigenvalue weighted by Crippen LogP contribution is 2.31. The van der Waals surface area contributed by atoms with E-state index in [0.717, 1.165) is 43.1 Å². The number of aliphatic imine (C=N–C) groups is 1. The predicted molar refractivity (Wildman–Crippen MR) is 113 cm³/mol. The standard InChI is InChI=1S/C22H30F2N6/c1-25-22(27-14-20-26-10-13-30(20)21(23)24)29-12-9-19-18(16-29)8-5-11-28(19)15-17-6-3-2-4-7-17/h2-4,6-7,10,13,18-19,21H,5,8-9,11-12,14-16H2,1H3,(H,25,27). The third-order valence-electron chi connectivity index (χ3n) is 6.29. The second-order valence-corrected chi connectivity index (χ2v) is 8.09. The van der Waals surface area contributed by atoms with Crippen LogP contribution in [-0.2, 0) is 13.1 Å². The summed E-state index contributed by atoms with van der Waals surface area (Å²) in [5, 5.41) is 3.23. The summed E-state index contributed by atoms with van der Waals surface area (Å²) in [6, 6.07) is 11.3. The zero-order valence-electron chi connectivity index (χ0n) is 17.4. The van der Waals surface area contributed by atoms with E-state index in [0.29, 0.717) is 17.8 Å².